The first-order chi connectivity index (χ1) is 8.74. The molecular weight excluding hydrogens is 317 g/mol. The fourth-order valence-corrected chi connectivity index (χ4v) is 14.4. The SMILES string of the molecule is CC[Si](C)(C)O[Si](C)(CCC(F)(F)F)O[Si](C)(C)CC. The molecule has 2 nitrogen and oxygen atoms in total. The average molecular weight is 347 g/mol. The van der Waals surface area contributed by atoms with Crippen molar-refractivity contribution in [2.24, 2.45) is 0 Å². The Bertz CT molecular complexity index is 289. The second-order valence-corrected chi connectivity index (χ2v) is 19.5. The smallest absolute Gasteiger partial charge is 0.389 e. The molecule has 0 aromatic rings. The minimum atomic E-state index is -4.14. The molecule has 0 aliphatic rings. The summed E-state index contributed by atoms with van der Waals surface area (Å²) in [6.45, 7) is 14.1. The Balaban J connectivity index is 5.03. The van der Waals surface area contributed by atoms with E-state index in [9.17, 15) is 13.2 Å². The van der Waals surface area contributed by atoms with Gasteiger partial charge in [-0.2, -0.15) is 13.2 Å². The minimum Gasteiger partial charge on any atom is -0.436 e. The summed E-state index contributed by atoms with van der Waals surface area (Å²) < 4.78 is 50.0. The number of rotatable bonds is 8. The van der Waals surface area contributed by atoms with Crippen LogP contribution < -0.4 is 0 Å². The van der Waals surface area contributed by atoms with Gasteiger partial charge in [0, 0.05) is 6.42 Å². The number of halogens is 3. The molecule has 20 heavy (non-hydrogen) atoms. The van der Waals surface area contributed by atoms with Crippen molar-refractivity contribution in [3.63, 3.8) is 0 Å². The van der Waals surface area contributed by atoms with E-state index in [1.54, 1.807) is 0 Å². The molecule has 0 aliphatic carbocycles. The van der Waals surface area contributed by atoms with Crippen LogP contribution in [-0.4, -0.2) is 31.4 Å². The lowest BCUT2D eigenvalue weighted by Crippen LogP contribution is -2.54. The molecule has 8 heteroatoms. The largest absolute Gasteiger partial charge is 0.436 e. The third-order valence-electron chi connectivity index (χ3n) is 3.55. The Morgan fingerprint density at radius 3 is 1.40 bits per heavy atom. The molecule has 0 bridgehead atoms. The van der Waals surface area contributed by atoms with Crippen molar-refractivity contribution >= 4 is 25.2 Å². The predicted molar refractivity (Wildman–Crippen MR) is 85.2 cm³/mol. The first-order valence-electron chi connectivity index (χ1n) is 7.21. The van der Waals surface area contributed by atoms with Gasteiger partial charge in [0.2, 0.25) is 0 Å². The Morgan fingerprint density at radius 1 is 0.800 bits per heavy atom. The highest BCUT2D eigenvalue weighted by atomic mass is 28.5. The zero-order valence-electron chi connectivity index (χ0n) is 13.8. The van der Waals surface area contributed by atoms with Crippen LogP contribution in [0, 0.1) is 0 Å². The third-order valence-corrected chi connectivity index (χ3v) is 16.0. The van der Waals surface area contributed by atoms with Gasteiger partial charge in [-0.1, -0.05) is 13.8 Å². The highest BCUT2D eigenvalue weighted by Gasteiger charge is 2.44. The summed E-state index contributed by atoms with van der Waals surface area (Å²) in [5.41, 5.74) is 0. The van der Waals surface area contributed by atoms with Crippen LogP contribution in [0.4, 0.5) is 13.2 Å². The normalized spacial score (nSPS) is 14.7. The highest BCUT2D eigenvalue weighted by Crippen LogP contribution is 2.32. The lowest BCUT2D eigenvalue weighted by atomic mass is 10.5. The second-order valence-electron chi connectivity index (χ2n) is 6.68. The van der Waals surface area contributed by atoms with Gasteiger partial charge >= 0.3 is 14.7 Å². The van der Waals surface area contributed by atoms with E-state index in [2.05, 4.69) is 26.2 Å². The van der Waals surface area contributed by atoms with Gasteiger partial charge in [-0.25, -0.2) is 0 Å². The van der Waals surface area contributed by atoms with Gasteiger partial charge < -0.3 is 8.23 Å². The monoisotopic (exact) mass is 346 g/mol. The van der Waals surface area contributed by atoms with Crippen molar-refractivity contribution in [2.75, 3.05) is 0 Å². The van der Waals surface area contributed by atoms with Gasteiger partial charge in [0.05, 0.1) is 0 Å². The van der Waals surface area contributed by atoms with Gasteiger partial charge in [0.15, 0.2) is 16.6 Å². The van der Waals surface area contributed by atoms with Crippen LogP contribution in [0.3, 0.4) is 0 Å². The van der Waals surface area contributed by atoms with Crippen molar-refractivity contribution in [1.82, 2.24) is 0 Å². The summed E-state index contributed by atoms with van der Waals surface area (Å²) in [4.78, 5) is 0. The van der Waals surface area contributed by atoms with Gasteiger partial charge in [-0.3, -0.25) is 0 Å². The van der Waals surface area contributed by atoms with Crippen LogP contribution >= 0.6 is 0 Å². The number of hydrogen-bond acceptors (Lipinski definition) is 2. The maximum Gasteiger partial charge on any atom is 0.389 e. The van der Waals surface area contributed by atoms with Crippen LogP contribution in [0.1, 0.15) is 20.3 Å². The standard InChI is InChI=1S/C12H29F3O2Si3/c1-8-18(3,4)16-20(7,11-10-12(13,14)15)17-19(5,6)9-2/h8-11H2,1-7H3. The third kappa shape index (κ3) is 8.60. The van der Waals surface area contributed by atoms with Gasteiger partial charge in [0.1, 0.15) is 0 Å². The molecule has 0 spiro atoms. The fourth-order valence-electron chi connectivity index (χ4n) is 1.80. The van der Waals surface area contributed by atoms with E-state index >= 15 is 0 Å². The molecule has 0 N–H and O–H groups in total. The molecule has 0 saturated heterocycles. The molecule has 0 radical (unpaired) electrons. The molecule has 0 saturated carbocycles. The summed E-state index contributed by atoms with van der Waals surface area (Å²) in [5.74, 6) is 0. The van der Waals surface area contributed by atoms with E-state index in [1.165, 1.54) is 0 Å². The topological polar surface area (TPSA) is 18.5 Å². The van der Waals surface area contributed by atoms with E-state index in [1.807, 2.05) is 20.4 Å². The first kappa shape index (κ1) is 20.4. The van der Waals surface area contributed by atoms with E-state index < -0.39 is 37.8 Å². The molecule has 0 atom stereocenters. The van der Waals surface area contributed by atoms with Crippen LogP contribution in [0.25, 0.3) is 0 Å². The summed E-state index contributed by atoms with van der Waals surface area (Å²) in [7, 11) is -6.63. The minimum absolute atomic E-state index is 0.00333. The number of hydrogen-bond donors (Lipinski definition) is 0. The second kappa shape index (κ2) is 7.08. The maximum absolute atomic E-state index is 12.5. The Kier molecular flexibility index (Phi) is 7.21. The van der Waals surface area contributed by atoms with Gasteiger partial charge in [0.25, 0.3) is 0 Å². The quantitative estimate of drug-likeness (QED) is 0.541. The van der Waals surface area contributed by atoms with Crippen molar-refractivity contribution < 1.29 is 21.4 Å². The molecule has 122 valence electrons. The van der Waals surface area contributed by atoms with E-state index in [0.717, 1.165) is 12.1 Å². The fraction of sp³-hybridized carbons (Fsp3) is 1.00. The van der Waals surface area contributed by atoms with Crippen molar-refractivity contribution in [2.45, 2.75) is 77.3 Å². The zero-order chi connectivity index (χ0) is 16.2. The van der Waals surface area contributed by atoms with Crippen molar-refractivity contribution in [3.05, 3.63) is 0 Å². The maximum atomic E-state index is 12.5. The molecule has 0 aromatic heterocycles. The van der Waals surface area contributed by atoms with E-state index in [0.29, 0.717) is 0 Å². The highest BCUT2D eigenvalue weighted by molar-refractivity contribution is 6.88. The van der Waals surface area contributed by atoms with Crippen LogP contribution in [0.5, 0.6) is 0 Å². The summed E-state index contributed by atoms with van der Waals surface area (Å²) >= 11 is 0. The molecule has 0 amide bonds. The van der Waals surface area contributed by atoms with Gasteiger partial charge in [-0.05, 0) is 50.9 Å². The van der Waals surface area contributed by atoms with Crippen LogP contribution in [-0.2, 0) is 8.23 Å². The lowest BCUT2D eigenvalue weighted by Gasteiger charge is -2.40. The predicted octanol–water partition coefficient (Wildman–Crippen LogP) is 5.49. The summed E-state index contributed by atoms with van der Waals surface area (Å²) in [5, 5.41) is 0. The molecule has 0 rings (SSSR count). The Hall–Kier alpha value is 0.361. The molecule has 0 fully saturated rings. The number of alkyl halides is 3. The Morgan fingerprint density at radius 2 is 1.15 bits per heavy atom. The van der Waals surface area contributed by atoms with Crippen molar-refractivity contribution in [1.29, 1.82) is 0 Å². The van der Waals surface area contributed by atoms with E-state index in [-0.39, 0.29) is 6.04 Å². The molecule has 0 heterocycles. The average Bonchev–Trinajstić information content (AvgIpc) is 2.24. The molecule has 0 aromatic carbocycles. The summed E-state index contributed by atoms with van der Waals surface area (Å²) in [6, 6.07) is 1.78. The van der Waals surface area contributed by atoms with Crippen LogP contribution in [0.2, 0.25) is 50.9 Å². The zero-order valence-corrected chi connectivity index (χ0v) is 16.8. The Labute approximate surface area is 124 Å². The lowest BCUT2D eigenvalue weighted by molar-refractivity contribution is -0.131. The first-order valence-corrected chi connectivity index (χ1v) is 16.0. The van der Waals surface area contributed by atoms with Gasteiger partial charge in [-0.15, -0.1) is 0 Å². The molecule has 0 aliphatic heterocycles. The summed E-state index contributed by atoms with van der Waals surface area (Å²) in [6.07, 6.45) is -4.95. The van der Waals surface area contributed by atoms with Crippen molar-refractivity contribution in [3.8, 4) is 0 Å². The molecular formula is C12H29F3O2Si3. The van der Waals surface area contributed by atoms with Crippen LogP contribution in [0.15, 0.2) is 0 Å². The molecule has 0 unspecified atom stereocenters. The van der Waals surface area contributed by atoms with E-state index in [4.69, 9.17) is 8.23 Å².